The summed E-state index contributed by atoms with van der Waals surface area (Å²) in [6, 6.07) is 13.6. The Labute approximate surface area is 108 Å². The second kappa shape index (κ2) is 5.58. The first-order chi connectivity index (χ1) is 8.74. The molecule has 0 spiro atoms. The van der Waals surface area contributed by atoms with E-state index in [4.69, 9.17) is 4.74 Å². The zero-order valence-corrected chi connectivity index (χ0v) is 10.8. The maximum atomic E-state index is 9.95. The van der Waals surface area contributed by atoms with E-state index in [0.717, 1.165) is 29.7 Å². The molecule has 0 bridgehead atoms. The third kappa shape index (κ3) is 2.65. The fraction of sp³-hybridized carbons (Fsp3) is 0.250. The van der Waals surface area contributed by atoms with Crippen molar-refractivity contribution in [3.8, 4) is 22.6 Å². The smallest absolute Gasteiger partial charge is 0.123 e. The van der Waals surface area contributed by atoms with Crippen LogP contribution in [0.2, 0.25) is 0 Å². The summed E-state index contributed by atoms with van der Waals surface area (Å²) >= 11 is 0. The largest absolute Gasteiger partial charge is 0.507 e. The van der Waals surface area contributed by atoms with E-state index in [1.54, 1.807) is 19.2 Å². The molecule has 1 N–H and O–H groups in total. The average molecular weight is 242 g/mol. The first-order valence-electron chi connectivity index (χ1n) is 6.21. The number of aryl methyl sites for hydroxylation is 1. The van der Waals surface area contributed by atoms with Gasteiger partial charge in [-0.2, -0.15) is 0 Å². The predicted octanol–water partition coefficient (Wildman–Crippen LogP) is 4.02. The highest BCUT2D eigenvalue weighted by Gasteiger charge is 2.06. The van der Waals surface area contributed by atoms with Gasteiger partial charge in [0.05, 0.1) is 7.11 Å². The average Bonchev–Trinajstić information content (AvgIpc) is 2.40. The third-order valence-corrected chi connectivity index (χ3v) is 2.98. The van der Waals surface area contributed by atoms with Crippen LogP contribution in [0.15, 0.2) is 42.5 Å². The van der Waals surface area contributed by atoms with Crippen LogP contribution in [0.4, 0.5) is 0 Å². The van der Waals surface area contributed by atoms with Gasteiger partial charge in [-0.05, 0) is 35.7 Å². The predicted molar refractivity (Wildman–Crippen MR) is 74.1 cm³/mol. The zero-order valence-electron chi connectivity index (χ0n) is 10.8. The van der Waals surface area contributed by atoms with Crippen molar-refractivity contribution < 1.29 is 9.84 Å². The zero-order chi connectivity index (χ0) is 13.0. The van der Waals surface area contributed by atoms with E-state index in [-0.39, 0.29) is 5.75 Å². The molecule has 0 fully saturated rings. The molecule has 2 rings (SSSR count). The molecule has 0 amide bonds. The third-order valence-electron chi connectivity index (χ3n) is 2.98. The minimum absolute atomic E-state index is 0.282. The molecule has 0 aliphatic heterocycles. The SMILES string of the molecule is CCCc1cccc(-c2cc(OC)ccc2O)c1. The molecule has 18 heavy (non-hydrogen) atoms. The summed E-state index contributed by atoms with van der Waals surface area (Å²) < 4.78 is 5.20. The van der Waals surface area contributed by atoms with Crippen molar-refractivity contribution >= 4 is 0 Å². The Hall–Kier alpha value is -1.96. The lowest BCUT2D eigenvalue weighted by Gasteiger charge is -2.09. The van der Waals surface area contributed by atoms with Gasteiger partial charge in [0.25, 0.3) is 0 Å². The van der Waals surface area contributed by atoms with Gasteiger partial charge in [0, 0.05) is 5.56 Å². The maximum absolute atomic E-state index is 9.95. The van der Waals surface area contributed by atoms with Gasteiger partial charge < -0.3 is 9.84 Å². The molecular weight excluding hydrogens is 224 g/mol. The first kappa shape index (κ1) is 12.5. The molecule has 0 aliphatic carbocycles. The highest BCUT2D eigenvalue weighted by molar-refractivity contribution is 5.72. The summed E-state index contributed by atoms with van der Waals surface area (Å²) in [5.41, 5.74) is 3.13. The highest BCUT2D eigenvalue weighted by atomic mass is 16.5. The summed E-state index contributed by atoms with van der Waals surface area (Å²) in [6.45, 7) is 2.16. The molecule has 0 saturated carbocycles. The number of benzene rings is 2. The number of phenols is 1. The number of hydrogen-bond acceptors (Lipinski definition) is 2. The van der Waals surface area contributed by atoms with Gasteiger partial charge in [0.15, 0.2) is 0 Å². The Balaban J connectivity index is 2.44. The lowest BCUT2D eigenvalue weighted by molar-refractivity contribution is 0.412. The van der Waals surface area contributed by atoms with Crippen molar-refractivity contribution in [1.82, 2.24) is 0 Å². The van der Waals surface area contributed by atoms with Crippen molar-refractivity contribution in [2.75, 3.05) is 7.11 Å². The molecule has 0 saturated heterocycles. The molecule has 0 atom stereocenters. The molecule has 2 nitrogen and oxygen atoms in total. The molecule has 0 radical (unpaired) electrons. The van der Waals surface area contributed by atoms with Crippen LogP contribution < -0.4 is 4.74 Å². The standard InChI is InChI=1S/C16H18O2/c1-3-5-12-6-4-7-13(10-12)15-11-14(18-2)8-9-16(15)17/h4,6-11,17H,3,5H2,1-2H3. The van der Waals surface area contributed by atoms with Crippen LogP contribution in [0.1, 0.15) is 18.9 Å². The van der Waals surface area contributed by atoms with Gasteiger partial charge >= 0.3 is 0 Å². The fourth-order valence-corrected chi connectivity index (χ4v) is 2.06. The molecular formula is C16H18O2. The van der Waals surface area contributed by atoms with Crippen molar-refractivity contribution in [3.05, 3.63) is 48.0 Å². The normalized spacial score (nSPS) is 10.3. The maximum Gasteiger partial charge on any atom is 0.123 e. The molecule has 2 heteroatoms. The molecule has 0 heterocycles. The van der Waals surface area contributed by atoms with Gasteiger partial charge in [-0.25, -0.2) is 0 Å². The number of ether oxygens (including phenoxy) is 1. The quantitative estimate of drug-likeness (QED) is 0.877. The van der Waals surface area contributed by atoms with Gasteiger partial charge in [-0.15, -0.1) is 0 Å². The van der Waals surface area contributed by atoms with Crippen LogP contribution >= 0.6 is 0 Å². The van der Waals surface area contributed by atoms with E-state index >= 15 is 0 Å². The summed E-state index contributed by atoms with van der Waals surface area (Å²) in [7, 11) is 1.63. The van der Waals surface area contributed by atoms with Crippen molar-refractivity contribution in [2.45, 2.75) is 19.8 Å². The molecule has 0 aromatic heterocycles. The monoisotopic (exact) mass is 242 g/mol. The van der Waals surface area contributed by atoms with Crippen LogP contribution in [0.3, 0.4) is 0 Å². The van der Waals surface area contributed by atoms with Crippen molar-refractivity contribution in [3.63, 3.8) is 0 Å². The van der Waals surface area contributed by atoms with Crippen molar-refractivity contribution in [2.24, 2.45) is 0 Å². The Kier molecular flexibility index (Phi) is 3.88. The van der Waals surface area contributed by atoms with E-state index in [1.807, 2.05) is 18.2 Å². The second-order valence-corrected chi connectivity index (χ2v) is 4.33. The van der Waals surface area contributed by atoms with Crippen LogP contribution in [0.5, 0.6) is 11.5 Å². The summed E-state index contributed by atoms with van der Waals surface area (Å²) in [6.07, 6.45) is 2.17. The summed E-state index contributed by atoms with van der Waals surface area (Å²) in [5.74, 6) is 1.04. The van der Waals surface area contributed by atoms with Crippen LogP contribution in [0.25, 0.3) is 11.1 Å². The number of rotatable bonds is 4. The number of aromatic hydroxyl groups is 1. The second-order valence-electron chi connectivity index (χ2n) is 4.33. The van der Waals surface area contributed by atoms with Gasteiger partial charge in [-0.3, -0.25) is 0 Å². The lowest BCUT2D eigenvalue weighted by Crippen LogP contribution is -1.87. The Morgan fingerprint density at radius 3 is 2.67 bits per heavy atom. The Morgan fingerprint density at radius 2 is 1.94 bits per heavy atom. The van der Waals surface area contributed by atoms with E-state index in [9.17, 15) is 5.11 Å². The topological polar surface area (TPSA) is 29.5 Å². The Morgan fingerprint density at radius 1 is 1.11 bits per heavy atom. The summed E-state index contributed by atoms with van der Waals surface area (Å²) in [5, 5.41) is 9.95. The van der Waals surface area contributed by atoms with E-state index in [1.165, 1.54) is 5.56 Å². The number of hydrogen-bond donors (Lipinski definition) is 1. The molecule has 94 valence electrons. The van der Waals surface area contributed by atoms with E-state index < -0.39 is 0 Å². The molecule has 2 aromatic rings. The number of phenolic OH excluding ortho intramolecular Hbond substituents is 1. The van der Waals surface area contributed by atoms with E-state index in [0.29, 0.717) is 0 Å². The molecule has 0 unspecified atom stereocenters. The van der Waals surface area contributed by atoms with Gasteiger partial charge in [0.2, 0.25) is 0 Å². The van der Waals surface area contributed by atoms with Crippen LogP contribution in [-0.4, -0.2) is 12.2 Å². The van der Waals surface area contributed by atoms with Gasteiger partial charge in [0.1, 0.15) is 11.5 Å². The minimum Gasteiger partial charge on any atom is -0.507 e. The fourth-order valence-electron chi connectivity index (χ4n) is 2.06. The lowest BCUT2D eigenvalue weighted by atomic mass is 10.0. The molecule has 0 aliphatic rings. The van der Waals surface area contributed by atoms with Crippen molar-refractivity contribution in [1.29, 1.82) is 0 Å². The van der Waals surface area contributed by atoms with Crippen LogP contribution in [-0.2, 0) is 6.42 Å². The Bertz CT molecular complexity index is 532. The number of methoxy groups -OCH3 is 1. The molecule has 2 aromatic carbocycles. The van der Waals surface area contributed by atoms with E-state index in [2.05, 4.69) is 19.1 Å². The summed E-state index contributed by atoms with van der Waals surface area (Å²) in [4.78, 5) is 0. The highest BCUT2D eigenvalue weighted by Crippen LogP contribution is 2.33. The van der Waals surface area contributed by atoms with Gasteiger partial charge in [-0.1, -0.05) is 37.6 Å². The minimum atomic E-state index is 0.282. The van der Waals surface area contributed by atoms with Crippen LogP contribution in [0, 0.1) is 0 Å². The first-order valence-corrected chi connectivity index (χ1v) is 6.21.